The number of amides is 1. The number of rotatable bonds is 36. The summed E-state index contributed by atoms with van der Waals surface area (Å²) in [7, 11) is 0. The predicted octanol–water partition coefficient (Wildman–Crippen LogP) is 12.2. The number of unbranched alkanes of at least 4 members (excludes halogenated alkanes) is 25. The van der Waals surface area contributed by atoms with E-state index in [1.54, 1.807) is 6.08 Å². The minimum absolute atomic E-state index is 0.0756. The van der Waals surface area contributed by atoms with Crippen LogP contribution in [0.15, 0.2) is 36.5 Å². The van der Waals surface area contributed by atoms with Crippen LogP contribution in [-0.4, -0.2) is 34.9 Å². The van der Waals surface area contributed by atoms with E-state index in [9.17, 15) is 15.0 Å². The normalized spacial score (nSPS) is 13.4. The molecule has 1 amide bonds. The van der Waals surface area contributed by atoms with Crippen molar-refractivity contribution in [3.05, 3.63) is 36.5 Å². The van der Waals surface area contributed by atoms with Gasteiger partial charge in [0.25, 0.3) is 0 Å². The number of carbonyl (C=O) groups is 1. The number of carbonyl (C=O) groups excluding carboxylic acids is 1. The number of nitrogens with one attached hydrogen (secondary N) is 1. The lowest BCUT2D eigenvalue weighted by Crippen LogP contribution is -2.45. The summed E-state index contributed by atoms with van der Waals surface area (Å²) in [5, 5.41) is 22.8. The highest BCUT2D eigenvalue weighted by molar-refractivity contribution is 5.76. The summed E-state index contributed by atoms with van der Waals surface area (Å²) < 4.78 is 0. The van der Waals surface area contributed by atoms with Crippen LogP contribution in [0.1, 0.15) is 206 Å². The van der Waals surface area contributed by atoms with Gasteiger partial charge in [0.2, 0.25) is 5.91 Å². The largest absolute Gasteiger partial charge is 0.394 e. The number of aliphatic hydroxyl groups excluding tert-OH is 2. The van der Waals surface area contributed by atoms with E-state index in [0.717, 1.165) is 32.1 Å². The first-order valence-corrected chi connectivity index (χ1v) is 20.2. The SMILES string of the molecule is CCCCCCC/C=C/CC/C=C/[C@@H](O)[C@H](CO)NC(=O)CCCCCCCCCCCCCCC/C=C/CCCCCCCC. The van der Waals surface area contributed by atoms with Gasteiger partial charge in [-0.05, 0) is 57.8 Å². The van der Waals surface area contributed by atoms with Crippen molar-refractivity contribution in [2.45, 2.75) is 219 Å². The van der Waals surface area contributed by atoms with Gasteiger partial charge in [-0.15, -0.1) is 0 Å². The van der Waals surface area contributed by atoms with Gasteiger partial charge in [0.15, 0.2) is 0 Å². The molecule has 0 spiro atoms. The summed E-state index contributed by atoms with van der Waals surface area (Å²) in [4.78, 5) is 12.3. The summed E-state index contributed by atoms with van der Waals surface area (Å²) in [6.45, 7) is 4.26. The Bertz CT molecular complexity index is 701. The predicted molar refractivity (Wildman–Crippen MR) is 202 cm³/mol. The van der Waals surface area contributed by atoms with E-state index in [-0.39, 0.29) is 12.5 Å². The first-order valence-electron chi connectivity index (χ1n) is 20.2. The first kappa shape index (κ1) is 44.6. The molecular formula is C42H79NO3. The average Bonchev–Trinajstić information content (AvgIpc) is 3.06. The van der Waals surface area contributed by atoms with E-state index in [0.29, 0.717) is 6.42 Å². The molecule has 0 rings (SSSR count). The van der Waals surface area contributed by atoms with Crippen LogP contribution in [0.2, 0.25) is 0 Å². The van der Waals surface area contributed by atoms with Crippen molar-refractivity contribution in [3.63, 3.8) is 0 Å². The Balaban J connectivity index is 3.54. The van der Waals surface area contributed by atoms with Crippen LogP contribution >= 0.6 is 0 Å². The summed E-state index contributed by atoms with van der Waals surface area (Å²) in [5.41, 5.74) is 0. The van der Waals surface area contributed by atoms with Gasteiger partial charge in [0.1, 0.15) is 0 Å². The zero-order valence-corrected chi connectivity index (χ0v) is 30.8. The molecule has 0 aromatic rings. The van der Waals surface area contributed by atoms with E-state index in [4.69, 9.17) is 0 Å². The third-order valence-corrected chi connectivity index (χ3v) is 9.10. The van der Waals surface area contributed by atoms with Crippen molar-refractivity contribution in [3.8, 4) is 0 Å². The van der Waals surface area contributed by atoms with Gasteiger partial charge in [-0.25, -0.2) is 0 Å². The molecule has 0 aliphatic carbocycles. The van der Waals surface area contributed by atoms with Crippen molar-refractivity contribution < 1.29 is 15.0 Å². The van der Waals surface area contributed by atoms with Gasteiger partial charge in [-0.1, -0.05) is 179 Å². The van der Waals surface area contributed by atoms with Gasteiger partial charge in [-0.2, -0.15) is 0 Å². The van der Waals surface area contributed by atoms with Gasteiger partial charge >= 0.3 is 0 Å². The lowest BCUT2D eigenvalue weighted by atomic mass is 10.0. The second kappa shape index (κ2) is 38.1. The number of hydrogen-bond donors (Lipinski definition) is 3. The van der Waals surface area contributed by atoms with E-state index in [2.05, 4.69) is 43.5 Å². The molecule has 2 atom stereocenters. The molecule has 0 unspecified atom stereocenters. The van der Waals surface area contributed by atoms with E-state index in [1.807, 2.05) is 6.08 Å². The van der Waals surface area contributed by atoms with Crippen LogP contribution in [0.4, 0.5) is 0 Å². The highest BCUT2D eigenvalue weighted by Gasteiger charge is 2.17. The van der Waals surface area contributed by atoms with E-state index < -0.39 is 12.1 Å². The molecule has 0 saturated carbocycles. The van der Waals surface area contributed by atoms with Crippen molar-refractivity contribution in [2.24, 2.45) is 0 Å². The summed E-state index contributed by atoms with van der Waals surface area (Å²) in [5.74, 6) is -0.0756. The zero-order valence-electron chi connectivity index (χ0n) is 30.8. The molecule has 4 nitrogen and oxygen atoms in total. The van der Waals surface area contributed by atoms with Gasteiger partial charge in [0.05, 0.1) is 18.8 Å². The molecule has 0 heterocycles. The Morgan fingerprint density at radius 3 is 1.26 bits per heavy atom. The topological polar surface area (TPSA) is 69.6 Å². The smallest absolute Gasteiger partial charge is 0.220 e. The molecule has 0 aromatic carbocycles. The lowest BCUT2D eigenvalue weighted by molar-refractivity contribution is -0.123. The molecule has 0 radical (unpaired) electrons. The van der Waals surface area contributed by atoms with Crippen LogP contribution in [0.25, 0.3) is 0 Å². The standard InChI is InChI=1S/C42H79NO3/c1-3-5-7-9-11-13-15-16-17-18-19-20-21-22-23-24-25-26-28-30-32-34-36-38-42(46)43-40(39-44)41(45)37-35-33-31-29-27-14-12-10-8-6-4-2/h16-17,27,29,35,37,40-41,44-45H,3-15,18-26,28,30-34,36,38-39H2,1-2H3,(H,43,46)/b17-16+,29-27+,37-35+/t40-,41+/m0/s1. The highest BCUT2D eigenvalue weighted by Crippen LogP contribution is 2.14. The van der Waals surface area contributed by atoms with Crippen molar-refractivity contribution in [1.29, 1.82) is 0 Å². The van der Waals surface area contributed by atoms with Gasteiger partial charge in [-0.3, -0.25) is 4.79 Å². The van der Waals surface area contributed by atoms with Crippen LogP contribution < -0.4 is 5.32 Å². The third kappa shape index (κ3) is 34.0. The molecule has 0 aliphatic heterocycles. The molecule has 46 heavy (non-hydrogen) atoms. The fourth-order valence-electron chi connectivity index (χ4n) is 5.95. The molecule has 270 valence electrons. The Labute approximate surface area is 287 Å². The minimum Gasteiger partial charge on any atom is -0.394 e. The molecule has 0 fully saturated rings. The second-order valence-corrected chi connectivity index (χ2v) is 13.7. The van der Waals surface area contributed by atoms with Crippen molar-refractivity contribution in [1.82, 2.24) is 5.32 Å². The Kier molecular flexibility index (Phi) is 36.9. The van der Waals surface area contributed by atoms with E-state index in [1.165, 1.54) is 154 Å². The summed E-state index contributed by atoms with van der Waals surface area (Å²) in [6, 6.07) is -0.635. The third-order valence-electron chi connectivity index (χ3n) is 9.10. The van der Waals surface area contributed by atoms with Gasteiger partial charge < -0.3 is 15.5 Å². The number of allylic oxidation sites excluding steroid dienone is 5. The molecular weight excluding hydrogens is 566 g/mol. The molecule has 0 bridgehead atoms. The second-order valence-electron chi connectivity index (χ2n) is 13.7. The van der Waals surface area contributed by atoms with Crippen LogP contribution in [0.3, 0.4) is 0 Å². The molecule has 0 saturated heterocycles. The first-order chi connectivity index (χ1) is 22.7. The average molecular weight is 646 g/mol. The minimum atomic E-state index is -0.858. The fourth-order valence-corrected chi connectivity index (χ4v) is 5.95. The Hall–Kier alpha value is -1.39. The highest BCUT2D eigenvalue weighted by atomic mass is 16.3. The monoisotopic (exact) mass is 646 g/mol. The van der Waals surface area contributed by atoms with E-state index >= 15 is 0 Å². The molecule has 0 aromatic heterocycles. The maximum atomic E-state index is 12.3. The number of hydrogen-bond acceptors (Lipinski definition) is 3. The van der Waals surface area contributed by atoms with Gasteiger partial charge in [0, 0.05) is 6.42 Å². The van der Waals surface area contributed by atoms with Crippen LogP contribution in [-0.2, 0) is 4.79 Å². The number of aliphatic hydroxyl groups is 2. The lowest BCUT2D eigenvalue weighted by Gasteiger charge is -2.19. The van der Waals surface area contributed by atoms with Crippen LogP contribution in [0, 0.1) is 0 Å². The summed E-state index contributed by atoms with van der Waals surface area (Å²) in [6.07, 6.45) is 49.6. The Morgan fingerprint density at radius 2 is 0.848 bits per heavy atom. The zero-order chi connectivity index (χ0) is 33.6. The molecule has 0 aliphatic rings. The quantitative estimate of drug-likeness (QED) is 0.0469. The molecule has 3 N–H and O–H groups in total. The fraction of sp³-hybridized carbons (Fsp3) is 0.833. The maximum absolute atomic E-state index is 12.3. The van der Waals surface area contributed by atoms with Crippen molar-refractivity contribution >= 4 is 5.91 Å². The van der Waals surface area contributed by atoms with Crippen LogP contribution in [0.5, 0.6) is 0 Å². The summed E-state index contributed by atoms with van der Waals surface area (Å²) >= 11 is 0. The van der Waals surface area contributed by atoms with Crippen molar-refractivity contribution in [2.75, 3.05) is 6.61 Å². The molecule has 4 heteroatoms. The maximum Gasteiger partial charge on any atom is 0.220 e. The Morgan fingerprint density at radius 1 is 0.500 bits per heavy atom.